The molecule has 0 aromatic heterocycles. The number of halogens is 2. The smallest absolute Gasteiger partial charge is 0.253 e. The Hall–Kier alpha value is -2.04. The molecule has 0 spiro atoms. The Balaban J connectivity index is 1.57. The lowest BCUT2D eigenvalue weighted by Crippen LogP contribution is -2.28. The van der Waals surface area contributed by atoms with Crippen LogP contribution in [-0.2, 0) is 17.8 Å². The van der Waals surface area contributed by atoms with Crippen molar-refractivity contribution in [2.45, 2.75) is 25.8 Å². The second-order valence-corrected chi connectivity index (χ2v) is 7.22. The van der Waals surface area contributed by atoms with E-state index in [9.17, 15) is 9.59 Å². The molecule has 2 aromatic carbocycles. The largest absolute Gasteiger partial charge is 0.352 e. The molecule has 0 bridgehead atoms. The SMILES string of the molecule is O=C(Cc1ccc(Cl)c(Cl)c1)NCc1cccc(C(=O)N2CCCC2)c1. The summed E-state index contributed by atoms with van der Waals surface area (Å²) in [6.45, 7) is 2.02. The van der Waals surface area contributed by atoms with Gasteiger partial charge in [-0.25, -0.2) is 0 Å². The molecule has 0 atom stereocenters. The second-order valence-electron chi connectivity index (χ2n) is 6.40. The zero-order valence-electron chi connectivity index (χ0n) is 14.3. The van der Waals surface area contributed by atoms with Crippen molar-refractivity contribution in [2.24, 2.45) is 0 Å². The highest BCUT2D eigenvalue weighted by molar-refractivity contribution is 6.42. The monoisotopic (exact) mass is 390 g/mol. The van der Waals surface area contributed by atoms with Crippen molar-refractivity contribution in [1.29, 1.82) is 0 Å². The highest BCUT2D eigenvalue weighted by Gasteiger charge is 2.19. The molecule has 3 rings (SSSR count). The number of likely N-dealkylation sites (tertiary alicyclic amines) is 1. The third-order valence-corrected chi connectivity index (χ3v) is 5.14. The average molecular weight is 391 g/mol. The number of hydrogen-bond donors (Lipinski definition) is 1. The Kier molecular flexibility index (Phi) is 6.17. The van der Waals surface area contributed by atoms with Crippen LogP contribution in [0.2, 0.25) is 10.0 Å². The lowest BCUT2D eigenvalue weighted by molar-refractivity contribution is -0.120. The summed E-state index contributed by atoms with van der Waals surface area (Å²) in [5.41, 5.74) is 2.37. The van der Waals surface area contributed by atoms with Crippen molar-refractivity contribution in [2.75, 3.05) is 13.1 Å². The van der Waals surface area contributed by atoms with Gasteiger partial charge in [0.2, 0.25) is 5.91 Å². The third kappa shape index (κ3) is 4.77. The molecule has 1 aliphatic heterocycles. The van der Waals surface area contributed by atoms with Gasteiger partial charge in [0.1, 0.15) is 0 Å². The summed E-state index contributed by atoms with van der Waals surface area (Å²) in [6, 6.07) is 12.6. The molecular formula is C20H20Cl2N2O2. The normalized spacial score (nSPS) is 13.7. The zero-order chi connectivity index (χ0) is 18.5. The highest BCUT2D eigenvalue weighted by atomic mass is 35.5. The number of carbonyl (C=O) groups is 2. The predicted molar refractivity (Wildman–Crippen MR) is 104 cm³/mol. The molecule has 0 unspecified atom stereocenters. The van der Waals surface area contributed by atoms with Crippen molar-refractivity contribution in [3.05, 3.63) is 69.2 Å². The molecule has 26 heavy (non-hydrogen) atoms. The molecule has 1 fully saturated rings. The van der Waals surface area contributed by atoms with Crippen molar-refractivity contribution < 1.29 is 9.59 Å². The Bertz CT molecular complexity index is 817. The lowest BCUT2D eigenvalue weighted by atomic mass is 10.1. The van der Waals surface area contributed by atoms with Crippen LogP contribution in [0.3, 0.4) is 0 Å². The Labute approximate surface area is 163 Å². The topological polar surface area (TPSA) is 49.4 Å². The maximum atomic E-state index is 12.5. The fourth-order valence-electron chi connectivity index (χ4n) is 3.02. The van der Waals surface area contributed by atoms with Gasteiger partial charge >= 0.3 is 0 Å². The van der Waals surface area contributed by atoms with Crippen LogP contribution in [0.5, 0.6) is 0 Å². The van der Waals surface area contributed by atoms with E-state index in [4.69, 9.17) is 23.2 Å². The molecule has 1 saturated heterocycles. The van der Waals surface area contributed by atoms with Crippen LogP contribution in [0.25, 0.3) is 0 Å². The highest BCUT2D eigenvalue weighted by Crippen LogP contribution is 2.22. The number of rotatable bonds is 5. The van der Waals surface area contributed by atoms with E-state index >= 15 is 0 Å². The van der Waals surface area contributed by atoms with E-state index in [-0.39, 0.29) is 18.2 Å². The van der Waals surface area contributed by atoms with Crippen LogP contribution in [-0.4, -0.2) is 29.8 Å². The molecular weight excluding hydrogens is 371 g/mol. The number of hydrogen-bond acceptors (Lipinski definition) is 2. The third-order valence-electron chi connectivity index (χ3n) is 4.41. The van der Waals surface area contributed by atoms with Gasteiger partial charge in [0.15, 0.2) is 0 Å². The number of carbonyl (C=O) groups excluding carboxylic acids is 2. The van der Waals surface area contributed by atoms with Gasteiger partial charge in [0.25, 0.3) is 5.91 Å². The van der Waals surface area contributed by atoms with Gasteiger partial charge in [-0.2, -0.15) is 0 Å². The van der Waals surface area contributed by atoms with Gasteiger partial charge in [-0.15, -0.1) is 0 Å². The zero-order valence-corrected chi connectivity index (χ0v) is 15.8. The fourth-order valence-corrected chi connectivity index (χ4v) is 3.34. The molecule has 0 aliphatic carbocycles. The quantitative estimate of drug-likeness (QED) is 0.835. The summed E-state index contributed by atoms with van der Waals surface area (Å²) in [6.07, 6.45) is 2.36. The van der Waals surface area contributed by atoms with Crippen molar-refractivity contribution >= 4 is 35.0 Å². The van der Waals surface area contributed by atoms with Gasteiger partial charge in [-0.1, -0.05) is 41.4 Å². The summed E-state index contributed by atoms with van der Waals surface area (Å²) in [5, 5.41) is 3.78. The molecule has 1 N–H and O–H groups in total. The van der Waals surface area contributed by atoms with Crippen LogP contribution in [0.15, 0.2) is 42.5 Å². The summed E-state index contributed by atoms with van der Waals surface area (Å²) in [7, 11) is 0. The summed E-state index contributed by atoms with van der Waals surface area (Å²) in [4.78, 5) is 26.5. The fraction of sp³-hybridized carbons (Fsp3) is 0.300. The molecule has 4 nitrogen and oxygen atoms in total. The lowest BCUT2D eigenvalue weighted by Gasteiger charge is -2.15. The van der Waals surface area contributed by atoms with Gasteiger partial charge in [0, 0.05) is 25.2 Å². The van der Waals surface area contributed by atoms with Crippen LogP contribution >= 0.6 is 23.2 Å². The van der Waals surface area contributed by atoms with E-state index in [1.807, 2.05) is 29.2 Å². The van der Waals surface area contributed by atoms with E-state index < -0.39 is 0 Å². The molecule has 2 amide bonds. The molecule has 0 radical (unpaired) electrons. The number of nitrogens with one attached hydrogen (secondary N) is 1. The minimum Gasteiger partial charge on any atom is -0.352 e. The van der Waals surface area contributed by atoms with Gasteiger partial charge in [-0.3, -0.25) is 9.59 Å². The average Bonchev–Trinajstić information content (AvgIpc) is 3.17. The first-order valence-corrected chi connectivity index (χ1v) is 9.37. The molecule has 6 heteroatoms. The van der Waals surface area contributed by atoms with Gasteiger partial charge < -0.3 is 10.2 Å². The van der Waals surface area contributed by atoms with Crippen LogP contribution in [0, 0.1) is 0 Å². The van der Waals surface area contributed by atoms with E-state index in [0.29, 0.717) is 22.2 Å². The Morgan fingerprint density at radius 1 is 0.962 bits per heavy atom. The summed E-state index contributed by atoms with van der Waals surface area (Å²) >= 11 is 11.9. The second kappa shape index (κ2) is 8.56. The first-order valence-electron chi connectivity index (χ1n) is 8.62. The number of nitrogens with zero attached hydrogens (tertiary/aromatic N) is 1. The Morgan fingerprint density at radius 2 is 1.73 bits per heavy atom. The first-order chi connectivity index (χ1) is 12.5. The van der Waals surface area contributed by atoms with E-state index in [0.717, 1.165) is 37.1 Å². The standard InChI is InChI=1S/C20H20Cl2N2O2/c21-17-7-6-14(11-18(17)22)12-19(25)23-13-15-4-3-5-16(10-15)20(26)24-8-1-2-9-24/h3-7,10-11H,1-2,8-9,12-13H2,(H,23,25). The van der Waals surface area contributed by atoms with Crippen molar-refractivity contribution in [3.63, 3.8) is 0 Å². The van der Waals surface area contributed by atoms with E-state index in [2.05, 4.69) is 5.32 Å². The minimum atomic E-state index is -0.111. The molecule has 0 saturated carbocycles. The van der Waals surface area contributed by atoms with Crippen LogP contribution in [0.4, 0.5) is 0 Å². The number of benzene rings is 2. The Morgan fingerprint density at radius 3 is 2.46 bits per heavy atom. The first kappa shape index (κ1) is 18.7. The predicted octanol–water partition coefficient (Wildman–Crippen LogP) is 4.09. The summed E-state index contributed by atoms with van der Waals surface area (Å²) < 4.78 is 0. The van der Waals surface area contributed by atoms with Crippen LogP contribution in [0.1, 0.15) is 34.3 Å². The molecule has 2 aromatic rings. The molecule has 136 valence electrons. The van der Waals surface area contributed by atoms with Crippen molar-refractivity contribution in [3.8, 4) is 0 Å². The maximum absolute atomic E-state index is 12.5. The van der Waals surface area contributed by atoms with Crippen molar-refractivity contribution in [1.82, 2.24) is 10.2 Å². The minimum absolute atomic E-state index is 0.0616. The molecule has 1 heterocycles. The van der Waals surface area contributed by atoms with Crippen LogP contribution < -0.4 is 5.32 Å². The number of amides is 2. The van der Waals surface area contributed by atoms with Gasteiger partial charge in [-0.05, 0) is 48.2 Å². The maximum Gasteiger partial charge on any atom is 0.253 e. The van der Waals surface area contributed by atoms with E-state index in [1.54, 1.807) is 18.2 Å². The molecule has 1 aliphatic rings. The summed E-state index contributed by atoms with van der Waals surface area (Å²) in [5.74, 6) is -0.0499. The van der Waals surface area contributed by atoms with Gasteiger partial charge in [0.05, 0.1) is 16.5 Å². The van der Waals surface area contributed by atoms with E-state index in [1.165, 1.54) is 0 Å².